The van der Waals surface area contributed by atoms with Crippen LogP contribution < -0.4 is 5.23 Å². The quantitative estimate of drug-likeness (QED) is 0.312. The van der Waals surface area contributed by atoms with Crippen LogP contribution in [0.5, 0.6) is 0 Å². The maximum atomic E-state index is 11.9. The van der Waals surface area contributed by atoms with Gasteiger partial charge in [-0.3, -0.25) is 9.22 Å². The molecule has 2 nitrogen and oxygen atoms in total. The fraction of sp³-hybridized carbons (Fsp3) is 0. The van der Waals surface area contributed by atoms with Gasteiger partial charge in [-0.15, -0.1) is 0 Å². The van der Waals surface area contributed by atoms with Crippen LogP contribution in [-0.2, 0) is 0 Å². The Kier molecular flexibility index (Phi) is 1.65. The summed E-state index contributed by atoms with van der Waals surface area (Å²) in [5, 5.41) is 1.30. The van der Waals surface area contributed by atoms with Gasteiger partial charge in [-0.25, -0.2) is 0 Å². The standard InChI is InChI=1S/C3HBF4N2/c5-1-2(6)9-4(8)10-3(1)7/h9H. The minimum Gasteiger partial charge on any atom is -0.352 e. The summed E-state index contributed by atoms with van der Waals surface area (Å²) in [5.41, 5.74) is 0. The molecule has 1 heterocycles. The molecule has 0 unspecified atom stereocenters. The van der Waals surface area contributed by atoms with Crippen molar-refractivity contribution in [2.45, 2.75) is 0 Å². The van der Waals surface area contributed by atoms with Crippen LogP contribution >= 0.6 is 0 Å². The highest BCUT2D eigenvalue weighted by Gasteiger charge is 2.27. The van der Waals surface area contributed by atoms with Crippen molar-refractivity contribution in [1.29, 1.82) is 0 Å². The minimum absolute atomic E-state index is 1.30. The second-order valence-corrected chi connectivity index (χ2v) is 1.53. The van der Waals surface area contributed by atoms with Gasteiger partial charge in [-0.2, -0.15) is 13.2 Å². The maximum Gasteiger partial charge on any atom is 0.608 e. The largest absolute Gasteiger partial charge is 0.608 e. The smallest absolute Gasteiger partial charge is 0.352 e. The molecule has 0 saturated heterocycles. The van der Waals surface area contributed by atoms with Gasteiger partial charge in [0, 0.05) is 0 Å². The second kappa shape index (κ2) is 2.32. The molecule has 0 aromatic carbocycles. The third kappa shape index (κ3) is 1.12. The van der Waals surface area contributed by atoms with E-state index in [1.807, 2.05) is 0 Å². The minimum atomic E-state index is -2.24. The van der Waals surface area contributed by atoms with Crippen molar-refractivity contribution in [2.75, 3.05) is 0 Å². The zero-order valence-electron chi connectivity index (χ0n) is 4.54. The van der Waals surface area contributed by atoms with E-state index >= 15 is 0 Å². The van der Waals surface area contributed by atoms with Crippen molar-refractivity contribution < 1.29 is 17.5 Å². The first-order valence-corrected chi connectivity index (χ1v) is 2.31. The highest BCUT2D eigenvalue weighted by atomic mass is 19.2. The third-order valence-corrected chi connectivity index (χ3v) is 0.846. The van der Waals surface area contributed by atoms with Crippen LogP contribution in [0.1, 0.15) is 0 Å². The first kappa shape index (κ1) is 7.11. The summed E-state index contributed by atoms with van der Waals surface area (Å²) in [4.78, 5) is 2.41. The fourth-order valence-electron chi connectivity index (χ4n) is 0.447. The Morgan fingerprint density at radius 1 is 1.30 bits per heavy atom. The average Bonchev–Trinajstić information content (AvgIpc) is 1.82. The Morgan fingerprint density at radius 3 is 2.40 bits per heavy atom. The Bertz CT molecular complexity index is 213. The molecule has 0 aliphatic carbocycles. The van der Waals surface area contributed by atoms with Gasteiger partial charge in [-0.1, -0.05) is 0 Å². The first-order chi connectivity index (χ1) is 4.61. The lowest BCUT2D eigenvalue weighted by atomic mass is 10.1. The number of rotatable bonds is 0. The molecular formula is C3HBF4N2. The predicted molar refractivity (Wildman–Crippen MR) is 27.8 cm³/mol. The Balaban J connectivity index is 2.90. The molecule has 0 amide bonds. The molecule has 54 valence electrons. The van der Waals surface area contributed by atoms with Gasteiger partial charge in [-0.05, 0) is 0 Å². The number of hydrogen-bond donors (Lipinski definition) is 1. The summed E-state index contributed by atoms with van der Waals surface area (Å²) >= 11 is 0. The van der Waals surface area contributed by atoms with E-state index in [0.717, 1.165) is 0 Å². The topological polar surface area (TPSA) is 24.4 Å². The van der Waals surface area contributed by atoms with Crippen molar-refractivity contribution in [3.05, 3.63) is 11.8 Å². The van der Waals surface area contributed by atoms with E-state index in [1.54, 1.807) is 0 Å². The molecule has 1 N–H and O–H groups in total. The molecule has 0 radical (unpaired) electrons. The summed E-state index contributed by atoms with van der Waals surface area (Å²) in [6, 6.07) is 0. The lowest BCUT2D eigenvalue weighted by Crippen LogP contribution is -2.31. The molecule has 1 rings (SSSR count). The van der Waals surface area contributed by atoms with Gasteiger partial charge >= 0.3 is 7.26 Å². The summed E-state index contributed by atoms with van der Waals surface area (Å²) in [5.74, 6) is -5.22. The van der Waals surface area contributed by atoms with Crippen LogP contribution in [0.25, 0.3) is 0 Å². The van der Waals surface area contributed by atoms with Gasteiger partial charge in [0.05, 0.1) is 0 Å². The number of allylic oxidation sites excluding steroid dienone is 1. The fourth-order valence-corrected chi connectivity index (χ4v) is 0.447. The van der Waals surface area contributed by atoms with Gasteiger partial charge in [0.25, 0.3) is 0 Å². The summed E-state index contributed by atoms with van der Waals surface area (Å²) in [6.07, 6.45) is 0. The van der Waals surface area contributed by atoms with Crippen molar-refractivity contribution in [3.8, 4) is 0 Å². The lowest BCUT2D eigenvalue weighted by Gasteiger charge is -2.06. The number of nitrogens with one attached hydrogen (secondary N) is 1. The van der Waals surface area contributed by atoms with E-state index in [2.05, 4.69) is 4.90 Å². The van der Waals surface area contributed by atoms with Crippen LogP contribution in [0.4, 0.5) is 17.5 Å². The molecule has 1 aliphatic heterocycles. The molecular weight excluding hydrogens is 151 g/mol. The molecule has 10 heavy (non-hydrogen) atoms. The van der Waals surface area contributed by atoms with E-state index in [-0.39, 0.29) is 0 Å². The normalized spacial score (nSPS) is 18.8. The number of halogens is 4. The van der Waals surface area contributed by atoms with Gasteiger partial charge in [0.2, 0.25) is 17.7 Å². The Morgan fingerprint density at radius 2 is 1.90 bits per heavy atom. The molecule has 0 aromatic heterocycles. The van der Waals surface area contributed by atoms with Crippen molar-refractivity contribution in [3.63, 3.8) is 0 Å². The average molecular weight is 152 g/mol. The van der Waals surface area contributed by atoms with Crippen LogP contribution in [-0.4, -0.2) is 13.2 Å². The maximum absolute atomic E-state index is 11.9. The molecule has 0 saturated carbocycles. The molecule has 7 heteroatoms. The molecule has 0 atom stereocenters. The number of nitrogens with zero attached hydrogens (tertiary/aromatic N) is 1. The first-order valence-electron chi connectivity index (χ1n) is 2.31. The Hall–Kier alpha value is -1.01. The number of hydrogen-bond acceptors (Lipinski definition) is 2. The highest BCUT2D eigenvalue weighted by molar-refractivity contribution is 6.49. The highest BCUT2D eigenvalue weighted by Crippen LogP contribution is 2.13. The van der Waals surface area contributed by atoms with Crippen LogP contribution in [0.3, 0.4) is 0 Å². The monoisotopic (exact) mass is 152 g/mol. The van der Waals surface area contributed by atoms with E-state index in [9.17, 15) is 17.5 Å². The van der Waals surface area contributed by atoms with Crippen LogP contribution in [0.15, 0.2) is 16.7 Å². The van der Waals surface area contributed by atoms with Crippen molar-refractivity contribution >= 4 is 13.2 Å². The zero-order valence-corrected chi connectivity index (χ0v) is 4.54. The molecule has 0 bridgehead atoms. The zero-order chi connectivity index (χ0) is 7.72. The van der Waals surface area contributed by atoms with E-state index in [4.69, 9.17) is 0 Å². The summed E-state index contributed by atoms with van der Waals surface area (Å²) < 4.78 is 47.6. The van der Waals surface area contributed by atoms with Crippen molar-refractivity contribution in [1.82, 2.24) is 5.23 Å². The summed E-state index contributed by atoms with van der Waals surface area (Å²) in [6.45, 7) is 0. The lowest BCUT2D eigenvalue weighted by molar-refractivity contribution is 0.509. The molecule has 0 aromatic rings. The molecule has 0 spiro atoms. The Labute approximate surface area is 53.8 Å². The SMILES string of the molecule is FB1N=C(F)C(F)=C(F)N1. The second-order valence-electron chi connectivity index (χ2n) is 1.53. The van der Waals surface area contributed by atoms with Crippen LogP contribution in [0, 0.1) is 0 Å². The third-order valence-electron chi connectivity index (χ3n) is 0.846. The van der Waals surface area contributed by atoms with Gasteiger partial charge < -0.3 is 5.23 Å². The van der Waals surface area contributed by atoms with E-state index in [0.29, 0.717) is 0 Å². The van der Waals surface area contributed by atoms with Crippen molar-refractivity contribution in [2.24, 2.45) is 4.90 Å². The van der Waals surface area contributed by atoms with Gasteiger partial charge in [0.1, 0.15) is 0 Å². The summed E-state index contributed by atoms with van der Waals surface area (Å²) in [7, 11) is -2.24. The molecule has 1 aliphatic rings. The van der Waals surface area contributed by atoms with E-state index in [1.165, 1.54) is 5.23 Å². The van der Waals surface area contributed by atoms with Crippen LogP contribution in [0.2, 0.25) is 0 Å². The van der Waals surface area contributed by atoms with E-state index < -0.39 is 25.0 Å². The van der Waals surface area contributed by atoms with Gasteiger partial charge in [0.15, 0.2) is 0 Å². The molecule has 0 fully saturated rings. The predicted octanol–water partition coefficient (Wildman–Crippen LogP) is 1.02.